The lowest BCUT2D eigenvalue weighted by molar-refractivity contribution is 0.0792. The molecule has 1 aromatic rings. The van der Waals surface area contributed by atoms with Crippen LogP contribution in [0.5, 0.6) is 0 Å². The minimum Gasteiger partial charge on any atom is -0.383 e. The van der Waals surface area contributed by atoms with Crippen molar-refractivity contribution in [3.05, 3.63) is 22.4 Å². The molecule has 1 aromatic heterocycles. The molecule has 2 rings (SSSR count). The van der Waals surface area contributed by atoms with Gasteiger partial charge in [0.05, 0.1) is 6.61 Å². The molecule has 18 heavy (non-hydrogen) atoms. The van der Waals surface area contributed by atoms with Crippen molar-refractivity contribution < 1.29 is 4.74 Å². The fourth-order valence-electron chi connectivity index (χ4n) is 2.33. The Kier molecular flexibility index (Phi) is 5.63. The third kappa shape index (κ3) is 4.05. The lowest BCUT2D eigenvalue weighted by Crippen LogP contribution is -2.45. The predicted octanol–water partition coefficient (Wildman–Crippen LogP) is 2.34. The third-order valence-electron chi connectivity index (χ3n) is 3.42. The van der Waals surface area contributed by atoms with Gasteiger partial charge in [-0.05, 0) is 41.8 Å². The van der Waals surface area contributed by atoms with Crippen molar-refractivity contribution in [3.8, 4) is 0 Å². The molecule has 0 aliphatic heterocycles. The molecule has 102 valence electrons. The highest BCUT2D eigenvalue weighted by molar-refractivity contribution is 7.07. The first-order valence-corrected chi connectivity index (χ1v) is 7.76. The average molecular weight is 268 g/mol. The van der Waals surface area contributed by atoms with Crippen LogP contribution in [0.4, 0.5) is 0 Å². The Balaban J connectivity index is 1.96. The standard InChI is InChI=1S/C14H24N2OS/c1-3-15-8-14(10-17-2)16(13-4-5-13)9-12-6-7-18-11-12/h6-7,11,13-15H,3-5,8-10H2,1-2H3. The Labute approximate surface area is 114 Å². The Morgan fingerprint density at radius 3 is 2.94 bits per heavy atom. The molecule has 4 heteroatoms. The first-order chi connectivity index (χ1) is 8.85. The van der Waals surface area contributed by atoms with E-state index >= 15 is 0 Å². The predicted molar refractivity (Wildman–Crippen MR) is 77.1 cm³/mol. The highest BCUT2D eigenvalue weighted by Crippen LogP contribution is 2.30. The second-order valence-electron chi connectivity index (χ2n) is 4.95. The van der Waals surface area contributed by atoms with E-state index in [2.05, 4.69) is 34.0 Å². The molecule has 1 heterocycles. The van der Waals surface area contributed by atoms with E-state index in [4.69, 9.17) is 4.74 Å². The van der Waals surface area contributed by atoms with Gasteiger partial charge in [0.15, 0.2) is 0 Å². The minimum absolute atomic E-state index is 0.488. The van der Waals surface area contributed by atoms with Gasteiger partial charge in [-0.1, -0.05) is 6.92 Å². The Bertz CT molecular complexity index is 325. The second kappa shape index (κ2) is 7.24. The Morgan fingerprint density at radius 1 is 1.56 bits per heavy atom. The first-order valence-electron chi connectivity index (χ1n) is 6.81. The van der Waals surface area contributed by atoms with Crippen LogP contribution < -0.4 is 5.32 Å². The van der Waals surface area contributed by atoms with Crippen LogP contribution in [0.25, 0.3) is 0 Å². The SMILES string of the molecule is CCNCC(COC)N(Cc1ccsc1)C1CC1. The molecule has 0 aromatic carbocycles. The van der Waals surface area contributed by atoms with Crippen LogP contribution >= 0.6 is 11.3 Å². The maximum Gasteiger partial charge on any atom is 0.0630 e. The van der Waals surface area contributed by atoms with E-state index in [0.717, 1.165) is 32.3 Å². The Morgan fingerprint density at radius 2 is 2.39 bits per heavy atom. The van der Waals surface area contributed by atoms with Crippen LogP contribution in [-0.2, 0) is 11.3 Å². The molecule has 1 atom stereocenters. The third-order valence-corrected chi connectivity index (χ3v) is 4.15. The molecule has 0 saturated heterocycles. The van der Waals surface area contributed by atoms with Gasteiger partial charge in [0, 0.05) is 32.3 Å². The van der Waals surface area contributed by atoms with Gasteiger partial charge < -0.3 is 10.1 Å². The lowest BCUT2D eigenvalue weighted by Gasteiger charge is -2.31. The van der Waals surface area contributed by atoms with E-state index in [1.807, 2.05) is 0 Å². The Hall–Kier alpha value is -0.420. The zero-order valence-corrected chi connectivity index (χ0v) is 12.2. The molecular weight excluding hydrogens is 244 g/mol. The summed E-state index contributed by atoms with van der Waals surface area (Å²) in [5, 5.41) is 7.88. The molecule has 1 unspecified atom stereocenters. The molecule has 0 bridgehead atoms. The van der Waals surface area contributed by atoms with Gasteiger partial charge >= 0.3 is 0 Å². The van der Waals surface area contributed by atoms with Crippen molar-refractivity contribution in [3.63, 3.8) is 0 Å². The van der Waals surface area contributed by atoms with Crippen molar-refractivity contribution >= 4 is 11.3 Å². The zero-order chi connectivity index (χ0) is 12.8. The summed E-state index contributed by atoms with van der Waals surface area (Å²) in [4.78, 5) is 2.62. The van der Waals surface area contributed by atoms with E-state index in [-0.39, 0.29) is 0 Å². The number of methoxy groups -OCH3 is 1. The monoisotopic (exact) mass is 268 g/mol. The molecule has 3 nitrogen and oxygen atoms in total. The topological polar surface area (TPSA) is 24.5 Å². The fourth-order valence-corrected chi connectivity index (χ4v) is 2.99. The van der Waals surface area contributed by atoms with Gasteiger partial charge in [-0.3, -0.25) is 4.90 Å². The highest BCUT2D eigenvalue weighted by Gasteiger charge is 2.33. The van der Waals surface area contributed by atoms with E-state index in [0.29, 0.717) is 6.04 Å². The zero-order valence-electron chi connectivity index (χ0n) is 11.4. The molecule has 0 spiro atoms. The van der Waals surface area contributed by atoms with Gasteiger partial charge in [0.25, 0.3) is 0 Å². The summed E-state index contributed by atoms with van der Waals surface area (Å²) in [6.45, 7) is 6.08. The molecule has 1 fully saturated rings. The van der Waals surface area contributed by atoms with Crippen LogP contribution in [-0.4, -0.2) is 43.8 Å². The molecule has 1 saturated carbocycles. The van der Waals surface area contributed by atoms with Gasteiger partial charge in [-0.2, -0.15) is 11.3 Å². The quantitative estimate of drug-likeness (QED) is 0.744. The molecule has 0 amide bonds. The van der Waals surface area contributed by atoms with Crippen molar-refractivity contribution in [1.82, 2.24) is 10.2 Å². The number of hydrogen-bond donors (Lipinski definition) is 1. The normalized spacial score (nSPS) is 17.3. The van der Waals surface area contributed by atoms with E-state index < -0.39 is 0 Å². The number of ether oxygens (including phenoxy) is 1. The van der Waals surface area contributed by atoms with Crippen LogP contribution in [0.15, 0.2) is 16.8 Å². The summed E-state index contributed by atoms with van der Waals surface area (Å²) in [7, 11) is 1.80. The maximum atomic E-state index is 5.40. The summed E-state index contributed by atoms with van der Waals surface area (Å²) in [6, 6.07) is 3.49. The maximum absolute atomic E-state index is 5.40. The van der Waals surface area contributed by atoms with E-state index in [1.165, 1.54) is 18.4 Å². The van der Waals surface area contributed by atoms with Gasteiger partial charge in [-0.15, -0.1) is 0 Å². The summed E-state index contributed by atoms with van der Waals surface area (Å²) in [5.74, 6) is 0. The van der Waals surface area contributed by atoms with Crippen molar-refractivity contribution in [2.75, 3.05) is 26.8 Å². The van der Waals surface area contributed by atoms with Crippen LogP contribution in [0.3, 0.4) is 0 Å². The second-order valence-corrected chi connectivity index (χ2v) is 5.73. The van der Waals surface area contributed by atoms with Crippen molar-refractivity contribution in [2.45, 2.75) is 38.4 Å². The van der Waals surface area contributed by atoms with Crippen molar-refractivity contribution in [2.24, 2.45) is 0 Å². The number of nitrogens with one attached hydrogen (secondary N) is 1. The van der Waals surface area contributed by atoms with Gasteiger partial charge in [-0.25, -0.2) is 0 Å². The van der Waals surface area contributed by atoms with Gasteiger partial charge in [0.1, 0.15) is 0 Å². The van der Waals surface area contributed by atoms with Crippen molar-refractivity contribution in [1.29, 1.82) is 0 Å². The van der Waals surface area contributed by atoms with Crippen LogP contribution in [0.2, 0.25) is 0 Å². The summed E-state index contributed by atoms with van der Waals surface area (Å²) in [5.41, 5.74) is 1.43. The minimum atomic E-state index is 0.488. The summed E-state index contributed by atoms with van der Waals surface area (Å²) < 4.78 is 5.40. The van der Waals surface area contributed by atoms with Crippen LogP contribution in [0.1, 0.15) is 25.3 Å². The number of rotatable bonds is 9. The molecule has 1 aliphatic carbocycles. The average Bonchev–Trinajstić information content (AvgIpc) is 3.09. The van der Waals surface area contributed by atoms with E-state index in [9.17, 15) is 0 Å². The summed E-state index contributed by atoms with van der Waals surface area (Å²) >= 11 is 1.78. The van der Waals surface area contributed by atoms with Gasteiger partial charge in [0.2, 0.25) is 0 Å². The largest absolute Gasteiger partial charge is 0.383 e. The van der Waals surface area contributed by atoms with Crippen LogP contribution in [0, 0.1) is 0 Å². The molecule has 1 N–H and O–H groups in total. The van der Waals surface area contributed by atoms with E-state index in [1.54, 1.807) is 18.4 Å². The fraction of sp³-hybridized carbons (Fsp3) is 0.714. The number of thiophene rings is 1. The number of hydrogen-bond acceptors (Lipinski definition) is 4. The summed E-state index contributed by atoms with van der Waals surface area (Å²) in [6.07, 6.45) is 2.69. The highest BCUT2D eigenvalue weighted by atomic mass is 32.1. The lowest BCUT2D eigenvalue weighted by atomic mass is 10.2. The molecular formula is C14H24N2OS. The molecule has 0 radical (unpaired) electrons. The molecule has 1 aliphatic rings. The number of nitrogens with zero attached hydrogens (tertiary/aromatic N) is 1. The number of likely N-dealkylation sites (N-methyl/N-ethyl adjacent to an activating group) is 1. The smallest absolute Gasteiger partial charge is 0.0630 e. The first kappa shape index (κ1) is 14.0.